The molecule has 2 heterocycles. The van der Waals surface area contributed by atoms with E-state index in [0.29, 0.717) is 39.8 Å². The SMILES string of the molecule is COC(=O)c1cc(-c2nc([C@H](Cc3ccccc3)NC(=O)/C=C/c3cc(Cl)ccc3-n3cnnn3)[nH]c2Cl)ccc1N. The summed E-state index contributed by atoms with van der Waals surface area (Å²) >= 11 is 12.8. The number of nitrogens with zero attached hydrogens (tertiary/aromatic N) is 5. The number of carbonyl (C=O) groups is 2. The zero-order valence-electron chi connectivity index (χ0n) is 22.2. The summed E-state index contributed by atoms with van der Waals surface area (Å²) in [6.45, 7) is 0. The second kappa shape index (κ2) is 12.7. The fourth-order valence-corrected chi connectivity index (χ4v) is 4.73. The summed E-state index contributed by atoms with van der Waals surface area (Å²) in [5.41, 5.74) is 9.61. The second-order valence-electron chi connectivity index (χ2n) is 9.12. The van der Waals surface area contributed by atoms with Gasteiger partial charge >= 0.3 is 5.97 Å². The predicted molar refractivity (Wildman–Crippen MR) is 159 cm³/mol. The maximum absolute atomic E-state index is 13.2. The first-order chi connectivity index (χ1) is 20.3. The van der Waals surface area contributed by atoms with Crippen molar-refractivity contribution >= 4 is 46.8 Å². The Morgan fingerprint density at radius 2 is 1.93 bits per heavy atom. The lowest BCUT2D eigenvalue weighted by Gasteiger charge is -2.16. The number of benzene rings is 3. The normalized spacial score (nSPS) is 11.9. The molecule has 13 heteroatoms. The van der Waals surface area contributed by atoms with Crippen molar-refractivity contribution in [3.05, 3.63) is 112 Å². The maximum Gasteiger partial charge on any atom is 0.339 e. The van der Waals surface area contributed by atoms with Crippen LogP contribution in [0.15, 0.2) is 79.1 Å². The molecule has 0 aliphatic carbocycles. The number of amides is 1. The van der Waals surface area contributed by atoms with Crippen molar-refractivity contribution in [3.8, 4) is 16.9 Å². The van der Waals surface area contributed by atoms with Crippen molar-refractivity contribution in [3.63, 3.8) is 0 Å². The number of aromatic nitrogens is 6. The van der Waals surface area contributed by atoms with Crippen LogP contribution >= 0.6 is 23.2 Å². The molecule has 212 valence electrons. The number of nitrogens with two attached hydrogens (primary N) is 1. The highest BCUT2D eigenvalue weighted by molar-refractivity contribution is 6.32. The Morgan fingerprint density at radius 1 is 1.12 bits per heavy atom. The summed E-state index contributed by atoms with van der Waals surface area (Å²) in [5.74, 6) is -0.535. The van der Waals surface area contributed by atoms with Gasteiger partial charge in [-0.1, -0.05) is 59.6 Å². The molecule has 4 N–H and O–H groups in total. The molecule has 0 bridgehead atoms. The zero-order valence-corrected chi connectivity index (χ0v) is 23.7. The Bertz CT molecular complexity index is 1750. The van der Waals surface area contributed by atoms with E-state index in [0.717, 1.165) is 5.56 Å². The van der Waals surface area contributed by atoms with Crippen LogP contribution in [0.2, 0.25) is 10.2 Å². The Kier molecular flexibility index (Phi) is 8.60. The third kappa shape index (κ3) is 6.48. The molecule has 42 heavy (non-hydrogen) atoms. The summed E-state index contributed by atoms with van der Waals surface area (Å²) in [6.07, 6.45) is 4.89. The molecule has 2 aromatic heterocycles. The Morgan fingerprint density at radius 3 is 2.67 bits per heavy atom. The summed E-state index contributed by atoms with van der Waals surface area (Å²) in [4.78, 5) is 33.2. The van der Waals surface area contributed by atoms with Gasteiger partial charge < -0.3 is 20.8 Å². The van der Waals surface area contributed by atoms with E-state index in [1.54, 1.807) is 42.5 Å². The van der Waals surface area contributed by atoms with Crippen LogP contribution in [0.4, 0.5) is 5.69 Å². The van der Waals surface area contributed by atoms with Crippen molar-refractivity contribution in [2.75, 3.05) is 12.8 Å². The number of aromatic amines is 1. The number of esters is 1. The van der Waals surface area contributed by atoms with Gasteiger partial charge in [-0.3, -0.25) is 4.79 Å². The number of rotatable bonds is 9. The monoisotopic (exact) mass is 602 g/mol. The average Bonchev–Trinajstić information content (AvgIpc) is 3.66. The van der Waals surface area contributed by atoms with Gasteiger partial charge in [0.25, 0.3) is 0 Å². The molecular formula is C29H24Cl2N8O3. The topological polar surface area (TPSA) is 154 Å². The molecule has 1 atom stereocenters. The summed E-state index contributed by atoms with van der Waals surface area (Å²) in [5, 5.41) is 15.0. The molecule has 0 aliphatic heterocycles. The third-order valence-corrected chi connectivity index (χ3v) is 6.85. The molecular weight excluding hydrogens is 579 g/mol. The first-order valence-electron chi connectivity index (χ1n) is 12.6. The minimum atomic E-state index is -0.581. The molecule has 11 nitrogen and oxygen atoms in total. The predicted octanol–water partition coefficient (Wildman–Crippen LogP) is 4.84. The van der Waals surface area contributed by atoms with E-state index in [-0.39, 0.29) is 22.3 Å². The number of ether oxygens (including phenoxy) is 1. The lowest BCUT2D eigenvalue weighted by Crippen LogP contribution is -2.29. The van der Waals surface area contributed by atoms with Crippen molar-refractivity contribution < 1.29 is 14.3 Å². The van der Waals surface area contributed by atoms with Crippen molar-refractivity contribution in [2.24, 2.45) is 0 Å². The van der Waals surface area contributed by atoms with Crippen LogP contribution in [0.1, 0.15) is 33.4 Å². The largest absolute Gasteiger partial charge is 0.465 e. The highest BCUT2D eigenvalue weighted by atomic mass is 35.5. The average molecular weight is 603 g/mol. The van der Waals surface area contributed by atoms with E-state index in [1.165, 1.54) is 24.2 Å². The molecule has 0 fully saturated rings. The highest BCUT2D eigenvalue weighted by Crippen LogP contribution is 2.31. The minimum absolute atomic E-state index is 0.192. The van der Waals surface area contributed by atoms with E-state index in [1.807, 2.05) is 30.3 Å². The van der Waals surface area contributed by atoms with Crippen molar-refractivity contribution in [1.29, 1.82) is 0 Å². The molecule has 0 radical (unpaired) electrons. The summed E-state index contributed by atoms with van der Waals surface area (Å²) in [6, 6.07) is 19.1. The molecule has 0 saturated heterocycles. The molecule has 0 spiro atoms. The Labute approximate surface area is 250 Å². The van der Waals surface area contributed by atoms with Gasteiger partial charge in [-0.15, -0.1) is 5.10 Å². The molecule has 3 aromatic carbocycles. The van der Waals surface area contributed by atoms with E-state index < -0.39 is 12.0 Å². The third-order valence-electron chi connectivity index (χ3n) is 6.34. The van der Waals surface area contributed by atoms with Crippen LogP contribution in [0.3, 0.4) is 0 Å². The maximum atomic E-state index is 13.2. The molecule has 0 aliphatic rings. The summed E-state index contributed by atoms with van der Waals surface area (Å²) in [7, 11) is 1.28. The van der Waals surface area contributed by atoms with Crippen LogP contribution in [0, 0.1) is 0 Å². The van der Waals surface area contributed by atoms with Crippen LogP contribution in [0.25, 0.3) is 23.0 Å². The fraction of sp³-hybridized carbons (Fsp3) is 0.103. The summed E-state index contributed by atoms with van der Waals surface area (Å²) < 4.78 is 6.30. The number of carbonyl (C=O) groups excluding carboxylic acids is 2. The van der Waals surface area contributed by atoms with Crippen LogP contribution in [-0.2, 0) is 16.0 Å². The van der Waals surface area contributed by atoms with Gasteiger partial charge in [0, 0.05) is 27.9 Å². The van der Waals surface area contributed by atoms with Gasteiger partial charge in [0.15, 0.2) is 0 Å². The minimum Gasteiger partial charge on any atom is -0.465 e. The van der Waals surface area contributed by atoms with Crippen LogP contribution < -0.4 is 11.1 Å². The number of hydrogen-bond donors (Lipinski definition) is 3. The number of anilines is 1. The number of H-pyrrole nitrogens is 1. The number of imidazole rings is 1. The molecule has 5 rings (SSSR count). The number of halogens is 2. The lowest BCUT2D eigenvalue weighted by molar-refractivity contribution is -0.117. The second-order valence-corrected chi connectivity index (χ2v) is 9.93. The van der Waals surface area contributed by atoms with E-state index in [4.69, 9.17) is 38.7 Å². The van der Waals surface area contributed by atoms with Gasteiger partial charge in [0.05, 0.1) is 24.4 Å². The van der Waals surface area contributed by atoms with Crippen molar-refractivity contribution in [1.82, 2.24) is 35.5 Å². The smallest absolute Gasteiger partial charge is 0.339 e. The van der Waals surface area contributed by atoms with E-state index >= 15 is 0 Å². The first kappa shape index (κ1) is 28.5. The quantitative estimate of drug-likeness (QED) is 0.123. The number of tetrazole rings is 1. The highest BCUT2D eigenvalue weighted by Gasteiger charge is 2.22. The van der Waals surface area contributed by atoms with Gasteiger partial charge in [0.1, 0.15) is 23.0 Å². The fourth-order valence-electron chi connectivity index (χ4n) is 4.31. The van der Waals surface area contributed by atoms with Gasteiger partial charge in [-0.25, -0.2) is 9.78 Å². The molecule has 0 unspecified atom stereocenters. The van der Waals surface area contributed by atoms with Crippen molar-refractivity contribution in [2.45, 2.75) is 12.5 Å². The number of nitrogen functional groups attached to an aromatic ring is 1. The zero-order chi connectivity index (χ0) is 29.6. The molecule has 1 amide bonds. The van der Waals surface area contributed by atoms with Gasteiger partial charge in [0.2, 0.25) is 5.91 Å². The van der Waals surface area contributed by atoms with Crippen LogP contribution in [0.5, 0.6) is 0 Å². The number of methoxy groups -OCH3 is 1. The van der Waals surface area contributed by atoms with Gasteiger partial charge in [-0.05, 0) is 58.8 Å². The van der Waals surface area contributed by atoms with Crippen LogP contribution in [-0.4, -0.2) is 49.2 Å². The number of hydrogen-bond acceptors (Lipinski definition) is 8. The Hall–Kier alpha value is -5.00. The van der Waals surface area contributed by atoms with Gasteiger partial charge in [-0.2, -0.15) is 4.68 Å². The number of nitrogens with one attached hydrogen (secondary N) is 2. The standard InChI is InChI=1S/C29H24Cl2N8O3/c1-42-29(41)21-15-19(7-10-22(21)32)26-27(31)36-28(35-26)23(13-17-5-3-2-4-6-17)34-25(40)12-8-18-14-20(30)9-11-24(18)39-16-33-37-38-39/h2-12,14-16,23H,13,32H2,1H3,(H,34,40)(H,35,36)/b12-8+/t23-/m0/s1. The Balaban J connectivity index is 1.44. The lowest BCUT2D eigenvalue weighted by atomic mass is 10.0. The van der Waals surface area contributed by atoms with E-state index in [2.05, 4.69) is 25.8 Å². The van der Waals surface area contributed by atoms with E-state index in [9.17, 15) is 9.59 Å². The molecule has 5 aromatic rings. The molecule has 0 saturated carbocycles. The first-order valence-corrected chi connectivity index (χ1v) is 13.4.